The lowest BCUT2D eigenvalue weighted by atomic mass is 10.1. The highest BCUT2D eigenvalue weighted by Crippen LogP contribution is 2.36. The van der Waals surface area contributed by atoms with Gasteiger partial charge in [0.1, 0.15) is 5.76 Å². The Labute approximate surface area is 153 Å². The van der Waals surface area contributed by atoms with Crippen LogP contribution in [0.2, 0.25) is 0 Å². The van der Waals surface area contributed by atoms with Crippen molar-refractivity contribution in [1.82, 2.24) is 10.6 Å². The number of nitrogens with one attached hydrogen (secondary N) is 2. The van der Waals surface area contributed by atoms with E-state index in [9.17, 15) is 14.4 Å². The molecule has 27 heavy (non-hydrogen) atoms. The molecular weight excluding hydrogens is 352 g/mol. The fourth-order valence-corrected chi connectivity index (χ4v) is 2.39. The smallest absolute Gasteiger partial charge is 0.412 e. The lowest BCUT2D eigenvalue weighted by Crippen LogP contribution is -2.25. The first-order valence-corrected chi connectivity index (χ1v) is 7.99. The van der Waals surface area contributed by atoms with E-state index < -0.39 is 12.2 Å². The third-order valence-corrected chi connectivity index (χ3v) is 3.68. The molecular formula is C19H16N2O6. The number of fused-ring (bicyclic) bond motifs is 1. The van der Waals surface area contributed by atoms with Crippen LogP contribution >= 0.6 is 0 Å². The summed E-state index contributed by atoms with van der Waals surface area (Å²) in [5.74, 6) is 0.0380. The van der Waals surface area contributed by atoms with Crippen molar-refractivity contribution >= 4 is 23.2 Å². The molecule has 0 spiro atoms. The van der Waals surface area contributed by atoms with Gasteiger partial charge in [-0.1, -0.05) is 30.3 Å². The van der Waals surface area contributed by atoms with Crippen LogP contribution < -0.4 is 25.5 Å². The molecule has 0 saturated heterocycles. The third-order valence-electron chi connectivity index (χ3n) is 3.68. The normalized spacial score (nSPS) is 10.3. The average Bonchev–Trinajstić information content (AvgIpc) is 2.69. The molecule has 1 aromatic heterocycles. The average molecular weight is 368 g/mol. The number of ether oxygens (including phenoxy) is 2. The molecule has 8 nitrogen and oxygen atoms in total. The maximum atomic E-state index is 12.5. The van der Waals surface area contributed by atoms with Gasteiger partial charge in [0, 0.05) is 25.7 Å². The zero-order chi connectivity index (χ0) is 19.4. The molecule has 1 heterocycles. The number of amides is 2. The van der Waals surface area contributed by atoms with Gasteiger partial charge in [-0.05, 0) is 12.1 Å². The molecule has 2 N–H and O–H groups in total. The molecule has 0 fully saturated rings. The van der Waals surface area contributed by atoms with Crippen LogP contribution in [0, 0.1) is 0 Å². The van der Waals surface area contributed by atoms with Crippen LogP contribution in [0.3, 0.4) is 0 Å². The van der Waals surface area contributed by atoms with Crippen LogP contribution in [-0.2, 0) is 0 Å². The van der Waals surface area contributed by atoms with Crippen molar-refractivity contribution in [3.63, 3.8) is 0 Å². The lowest BCUT2D eigenvalue weighted by molar-refractivity contribution is 0.192. The maximum Gasteiger partial charge on any atom is 0.412 e. The van der Waals surface area contributed by atoms with Crippen LogP contribution in [0.5, 0.6) is 11.5 Å². The summed E-state index contributed by atoms with van der Waals surface area (Å²) >= 11 is 0. The molecule has 0 aliphatic rings. The number of carbonyl (C=O) groups excluding carboxylic acids is 2. The van der Waals surface area contributed by atoms with Gasteiger partial charge in [-0.2, -0.15) is 0 Å². The number of rotatable bonds is 3. The summed E-state index contributed by atoms with van der Waals surface area (Å²) in [6.45, 7) is 0. The summed E-state index contributed by atoms with van der Waals surface area (Å²) in [4.78, 5) is 35.9. The molecule has 0 unspecified atom stereocenters. The Morgan fingerprint density at radius 1 is 0.926 bits per heavy atom. The van der Waals surface area contributed by atoms with E-state index >= 15 is 0 Å². The Morgan fingerprint density at radius 3 is 2.26 bits per heavy atom. The number of hydrogen-bond donors (Lipinski definition) is 2. The molecule has 2 amide bonds. The second kappa shape index (κ2) is 7.61. The van der Waals surface area contributed by atoms with Crippen molar-refractivity contribution in [2.45, 2.75) is 0 Å². The molecule has 0 aliphatic heterocycles. The molecule has 2 aromatic carbocycles. The largest absolute Gasteiger partial charge is 0.452 e. The number of benzene rings is 2. The van der Waals surface area contributed by atoms with E-state index in [0.717, 1.165) is 0 Å². The Hall–Kier alpha value is -3.81. The summed E-state index contributed by atoms with van der Waals surface area (Å²) in [5.41, 5.74) is 0.328. The highest BCUT2D eigenvalue weighted by atomic mass is 16.6. The quantitative estimate of drug-likeness (QED) is 0.736. The summed E-state index contributed by atoms with van der Waals surface area (Å²) in [6, 6.07) is 13.1. The molecule has 3 rings (SSSR count). The molecule has 0 saturated carbocycles. The van der Waals surface area contributed by atoms with Crippen LogP contribution in [0.1, 0.15) is 0 Å². The minimum absolute atomic E-state index is 0.00800. The van der Waals surface area contributed by atoms with Crippen molar-refractivity contribution in [3.8, 4) is 22.8 Å². The molecule has 3 aromatic rings. The van der Waals surface area contributed by atoms with Gasteiger partial charge >= 0.3 is 12.2 Å². The standard InChI is InChI=1S/C19H16N2O6/c1-20-18(23)26-14-9-8-12-13(22)10-15(11-6-4-3-5-7-11)25-16(12)17(14)27-19(24)21-2/h3-10H,1-2H3,(H,20,23)(H,21,24). The highest BCUT2D eigenvalue weighted by Gasteiger charge is 2.20. The predicted octanol–water partition coefficient (Wildman–Crippen LogP) is 2.90. The van der Waals surface area contributed by atoms with Crippen LogP contribution in [0.25, 0.3) is 22.3 Å². The van der Waals surface area contributed by atoms with Crippen molar-refractivity contribution in [2.75, 3.05) is 14.1 Å². The summed E-state index contributed by atoms with van der Waals surface area (Å²) in [5, 5.41) is 4.77. The topological polar surface area (TPSA) is 107 Å². The third kappa shape index (κ3) is 3.74. The van der Waals surface area contributed by atoms with E-state index in [1.54, 1.807) is 24.3 Å². The van der Waals surface area contributed by atoms with Crippen molar-refractivity contribution in [2.24, 2.45) is 0 Å². The first-order chi connectivity index (χ1) is 13.0. The predicted molar refractivity (Wildman–Crippen MR) is 98.1 cm³/mol. The van der Waals surface area contributed by atoms with Crippen molar-refractivity contribution in [3.05, 3.63) is 58.8 Å². The second-order valence-electron chi connectivity index (χ2n) is 5.39. The van der Waals surface area contributed by atoms with Crippen LogP contribution in [0.15, 0.2) is 57.7 Å². The van der Waals surface area contributed by atoms with Crippen molar-refractivity contribution in [1.29, 1.82) is 0 Å². The van der Waals surface area contributed by atoms with E-state index in [4.69, 9.17) is 13.9 Å². The molecule has 8 heteroatoms. The minimum Gasteiger partial charge on any atom is -0.452 e. The van der Waals surface area contributed by atoms with Gasteiger partial charge in [0.15, 0.2) is 16.8 Å². The molecule has 0 radical (unpaired) electrons. The van der Waals surface area contributed by atoms with Crippen LogP contribution in [-0.4, -0.2) is 26.3 Å². The second-order valence-corrected chi connectivity index (χ2v) is 5.39. The Bertz CT molecular complexity index is 1060. The zero-order valence-electron chi connectivity index (χ0n) is 14.6. The Morgan fingerprint density at radius 2 is 1.59 bits per heavy atom. The number of carbonyl (C=O) groups is 2. The van der Waals surface area contributed by atoms with E-state index in [1.807, 2.05) is 6.07 Å². The first kappa shape index (κ1) is 18.0. The fraction of sp³-hybridized carbons (Fsp3) is 0.105. The Balaban J connectivity index is 2.25. The van der Waals surface area contributed by atoms with E-state index in [0.29, 0.717) is 5.56 Å². The van der Waals surface area contributed by atoms with Crippen molar-refractivity contribution < 1.29 is 23.5 Å². The summed E-state index contributed by atoms with van der Waals surface area (Å²) in [7, 11) is 2.76. The van der Waals surface area contributed by atoms with Gasteiger partial charge in [0.25, 0.3) is 0 Å². The number of hydrogen-bond acceptors (Lipinski definition) is 6. The summed E-state index contributed by atoms with van der Waals surface area (Å²) in [6.07, 6.45) is -1.57. The van der Waals surface area contributed by atoms with Gasteiger partial charge in [-0.25, -0.2) is 9.59 Å². The first-order valence-electron chi connectivity index (χ1n) is 7.99. The SMILES string of the molecule is CNC(=O)Oc1ccc2c(=O)cc(-c3ccccc3)oc2c1OC(=O)NC. The van der Waals surface area contributed by atoms with E-state index in [1.165, 1.54) is 32.3 Å². The van der Waals surface area contributed by atoms with Gasteiger partial charge in [0.05, 0.1) is 5.39 Å². The van der Waals surface area contributed by atoms with Gasteiger partial charge < -0.3 is 24.5 Å². The molecule has 138 valence electrons. The van der Waals surface area contributed by atoms with Gasteiger partial charge in [-0.15, -0.1) is 0 Å². The zero-order valence-corrected chi connectivity index (χ0v) is 14.6. The summed E-state index contributed by atoms with van der Waals surface area (Å²) < 4.78 is 16.2. The molecule has 0 bridgehead atoms. The Kier molecular flexibility index (Phi) is 5.07. The van der Waals surface area contributed by atoms with Gasteiger partial charge in [-0.3, -0.25) is 4.79 Å². The molecule has 0 atom stereocenters. The van der Waals surface area contributed by atoms with Gasteiger partial charge in [0.2, 0.25) is 5.75 Å². The maximum absolute atomic E-state index is 12.5. The van der Waals surface area contributed by atoms with Crippen LogP contribution in [0.4, 0.5) is 9.59 Å². The molecule has 0 aliphatic carbocycles. The fourth-order valence-electron chi connectivity index (χ4n) is 2.39. The lowest BCUT2D eigenvalue weighted by Gasteiger charge is -2.12. The minimum atomic E-state index is -0.808. The monoisotopic (exact) mass is 368 g/mol. The highest BCUT2D eigenvalue weighted by molar-refractivity contribution is 5.90. The van der Waals surface area contributed by atoms with E-state index in [2.05, 4.69) is 10.6 Å². The van der Waals surface area contributed by atoms with E-state index in [-0.39, 0.29) is 33.7 Å².